The van der Waals surface area contributed by atoms with E-state index in [1.807, 2.05) is 36.4 Å². The minimum atomic E-state index is 0.540. The Morgan fingerprint density at radius 2 is 2.08 bits per heavy atom. The average Bonchev–Trinajstić information content (AvgIpc) is 3.49. The van der Waals surface area contributed by atoms with E-state index in [9.17, 15) is 5.26 Å². The Morgan fingerprint density at radius 3 is 2.92 bits per heavy atom. The summed E-state index contributed by atoms with van der Waals surface area (Å²) in [5, 5.41) is 13.7. The third-order valence-corrected chi connectivity index (χ3v) is 4.33. The van der Waals surface area contributed by atoms with E-state index in [0.717, 1.165) is 28.8 Å². The summed E-state index contributed by atoms with van der Waals surface area (Å²) in [4.78, 5) is 8.60. The van der Waals surface area contributed by atoms with Gasteiger partial charge in [0.2, 0.25) is 5.88 Å². The summed E-state index contributed by atoms with van der Waals surface area (Å²) >= 11 is 0. The monoisotopic (exact) mass is 330 g/mol. The van der Waals surface area contributed by atoms with Crippen molar-refractivity contribution in [3.63, 3.8) is 0 Å². The third-order valence-electron chi connectivity index (χ3n) is 4.33. The number of hydrogen-bond donors (Lipinski definition) is 1. The first kappa shape index (κ1) is 15.4. The topological polar surface area (TPSA) is 70.8 Å². The molecule has 5 heteroatoms. The van der Waals surface area contributed by atoms with E-state index in [4.69, 9.17) is 4.74 Å². The second-order valence-corrected chi connectivity index (χ2v) is 6.29. The van der Waals surface area contributed by atoms with Crippen LogP contribution in [0.4, 0.5) is 5.69 Å². The van der Waals surface area contributed by atoms with E-state index in [1.54, 1.807) is 12.4 Å². The van der Waals surface area contributed by atoms with Crippen LogP contribution in [0.2, 0.25) is 0 Å². The number of fused-ring (bicyclic) bond motifs is 1. The van der Waals surface area contributed by atoms with Crippen molar-refractivity contribution in [1.29, 1.82) is 5.26 Å². The number of aromatic nitrogens is 2. The Bertz CT molecular complexity index is 944. The van der Waals surface area contributed by atoms with Gasteiger partial charge in [-0.25, -0.2) is 4.98 Å². The van der Waals surface area contributed by atoms with E-state index >= 15 is 0 Å². The zero-order valence-corrected chi connectivity index (χ0v) is 13.8. The van der Waals surface area contributed by atoms with Crippen LogP contribution in [0.25, 0.3) is 10.9 Å². The van der Waals surface area contributed by atoms with Gasteiger partial charge in [-0.15, -0.1) is 0 Å². The Hall–Kier alpha value is -3.13. The molecule has 0 aliphatic heterocycles. The SMILES string of the molecule is N#Cc1cnc2ccccc2c1NCc1ccnc(OCC2CC2)c1. The molecule has 3 aromatic rings. The van der Waals surface area contributed by atoms with Crippen molar-refractivity contribution < 1.29 is 4.74 Å². The molecule has 1 aliphatic rings. The van der Waals surface area contributed by atoms with Crippen LogP contribution in [-0.4, -0.2) is 16.6 Å². The maximum Gasteiger partial charge on any atom is 0.213 e. The number of nitriles is 1. The number of hydrogen-bond acceptors (Lipinski definition) is 5. The van der Waals surface area contributed by atoms with Crippen LogP contribution in [0.3, 0.4) is 0 Å². The van der Waals surface area contributed by atoms with E-state index in [1.165, 1.54) is 12.8 Å². The van der Waals surface area contributed by atoms with Gasteiger partial charge in [-0.05, 0) is 36.5 Å². The number of nitrogens with zero attached hydrogens (tertiary/aromatic N) is 3. The number of para-hydroxylation sites is 1. The molecule has 5 nitrogen and oxygen atoms in total. The molecule has 0 amide bonds. The Balaban J connectivity index is 1.54. The Morgan fingerprint density at radius 1 is 1.20 bits per heavy atom. The summed E-state index contributed by atoms with van der Waals surface area (Å²) < 4.78 is 5.74. The Labute approximate surface area is 146 Å². The lowest BCUT2D eigenvalue weighted by Crippen LogP contribution is -2.05. The third kappa shape index (κ3) is 3.53. The zero-order chi connectivity index (χ0) is 17.1. The van der Waals surface area contributed by atoms with Crippen LogP contribution in [0.15, 0.2) is 48.8 Å². The minimum absolute atomic E-state index is 0.540. The average molecular weight is 330 g/mol. The highest BCUT2D eigenvalue weighted by Gasteiger charge is 2.22. The lowest BCUT2D eigenvalue weighted by atomic mass is 10.1. The van der Waals surface area contributed by atoms with Crippen LogP contribution >= 0.6 is 0 Å². The van der Waals surface area contributed by atoms with Crippen molar-refractivity contribution in [2.24, 2.45) is 5.92 Å². The molecule has 0 radical (unpaired) electrons. The molecule has 1 fully saturated rings. The van der Waals surface area contributed by atoms with Crippen molar-refractivity contribution in [2.45, 2.75) is 19.4 Å². The number of ether oxygens (including phenoxy) is 1. The molecule has 1 aromatic carbocycles. The molecule has 1 saturated carbocycles. The quantitative estimate of drug-likeness (QED) is 0.742. The molecule has 124 valence electrons. The van der Waals surface area contributed by atoms with Crippen LogP contribution < -0.4 is 10.1 Å². The van der Waals surface area contributed by atoms with Gasteiger partial charge in [0.25, 0.3) is 0 Å². The predicted octanol–water partition coefficient (Wildman–Crippen LogP) is 3.90. The summed E-state index contributed by atoms with van der Waals surface area (Å²) in [5.74, 6) is 1.36. The summed E-state index contributed by atoms with van der Waals surface area (Å²) in [5.41, 5.74) is 3.28. The highest BCUT2D eigenvalue weighted by molar-refractivity contribution is 5.93. The van der Waals surface area contributed by atoms with Crippen molar-refractivity contribution >= 4 is 16.6 Å². The molecule has 0 spiro atoms. The van der Waals surface area contributed by atoms with Gasteiger partial charge in [-0.1, -0.05) is 18.2 Å². The normalized spacial score (nSPS) is 13.4. The van der Waals surface area contributed by atoms with Crippen LogP contribution in [0.1, 0.15) is 24.0 Å². The number of nitrogens with one attached hydrogen (secondary N) is 1. The molecule has 2 aromatic heterocycles. The van der Waals surface area contributed by atoms with Gasteiger partial charge in [-0.2, -0.15) is 5.26 Å². The minimum Gasteiger partial charge on any atom is -0.477 e. The van der Waals surface area contributed by atoms with Gasteiger partial charge >= 0.3 is 0 Å². The zero-order valence-electron chi connectivity index (χ0n) is 13.8. The molecule has 0 bridgehead atoms. The molecule has 4 rings (SSSR count). The van der Waals surface area contributed by atoms with Gasteiger partial charge in [0.15, 0.2) is 0 Å². The summed E-state index contributed by atoms with van der Waals surface area (Å²) in [6.45, 7) is 1.34. The molecular weight excluding hydrogens is 312 g/mol. The standard InChI is InChI=1S/C20H18N4O/c21-10-16-12-23-18-4-2-1-3-17(18)20(16)24-11-15-7-8-22-19(9-15)25-13-14-5-6-14/h1-4,7-9,12,14H,5-6,11,13H2,(H,23,24). The lowest BCUT2D eigenvalue weighted by molar-refractivity contribution is 0.288. The second kappa shape index (κ2) is 6.78. The van der Waals surface area contributed by atoms with E-state index in [0.29, 0.717) is 23.9 Å². The summed E-state index contributed by atoms with van der Waals surface area (Å²) in [7, 11) is 0. The number of anilines is 1. The van der Waals surface area contributed by atoms with Crippen molar-refractivity contribution in [3.05, 3.63) is 59.9 Å². The smallest absolute Gasteiger partial charge is 0.213 e. The molecule has 1 aliphatic carbocycles. The first-order valence-electron chi connectivity index (χ1n) is 8.43. The van der Waals surface area contributed by atoms with Crippen molar-refractivity contribution in [2.75, 3.05) is 11.9 Å². The number of pyridine rings is 2. The van der Waals surface area contributed by atoms with Crippen LogP contribution in [-0.2, 0) is 6.54 Å². The van der Waals surface area contributed by atoms with Gasteiger partial charge in [0.1, 0.15) is 6.07 Å². The summed E-state index contributed by atoms with van der Waals surface area (Å²) in [6, 6.07) is 13.9. The van der Waals surface area contributed by atoms with Crippen LogP contribution in [0, 0.1) is 17.2 Å². The van der Waals surface area contributed by atoms with E-state index < -0.39 is 0 Å². The number of rotatable bonds is 6. The van der Waals surface area contributed by atoms with Crippen molar-refractivity contribution in [1.82, 2.24) is 9.97 Å². The van der Waals surface area contributed by atoms with Gasteiger partial charge < -0.3 is 10.1 Å². The van der Waals surface area contributed by atoms with E-state index in [2.05, 4.69) is 21.4 Å². The van der Waals surface area contributed by atoms with Gasteiger partial charge in [-0.3, -0.25) is 4.98 Å². The molecule has 1 N–H and O–H groups in total. The van der Waals surface area contributed by atoms with Gasteiger partial charge in [0, 0.05) is 30.4 Å². The maximum atomic E-state index is 9.39. The molecule has 0 saturated heterocycles. The molecule has 2 heterocycles. The second-order valence-electron chi connectivity index (χ2n) is 6.29. The maximum absolute atomic E-state index is 9.39. The summed E-state index contributed by atoms with van der Waals surface area (Å²) in [6.07, 6.45) is 5.89. The fraction of sp³-hybridized carbons (Fsp3) is 0.250. The highest BCUT2D eigenvalue weighted by atomic mass is 16.5. The fourth-order valence-electron chi connectivity index (χ4n) is 2.73. The Kier molecular flexibility index (Phi) is 4.17. The first-order valence-corrected chi connectivity index (χ1v) is 8.43. The first-order chi connectivity index (χ1) is 12.3. The van der Waals surface area contributed by atoms with E-state index in [-0.39, 0.29) is 0 Å². The molecule has 25 heavy (non-hydrogen) atoms. The number of benzene rings is 1. The largest absolute Gasteiger partial charge is 0.477 e. The van der Waals surface area contributed by atoms with Crippen LogP contribution in [0.5, 0.6) is 5.88 Å². The predicted molar refractivity (Wildman–Crippen MR) is 96.2 cm³/mol. The lowest BCUT2D eigenvalue weighted by Gasteiger charge is -2.12. The molecule has 0 unspecified atom stereocenters. The highest BCUT2D eigenvalue weighted by Crippen LogP contribution is 2.29. The molecular formula is C20H18N4O. The molecule has 0 atom stereocenters. The fourth-order valence-corrected chi connectivity index (χ4v) is 2.73. The van der Waals surface area contributed by atoms with Gasteiger partial charge in [0.05, 0.1) is 23.4 Å². The van der Waals surface area contributed by atoms with Crippen molar-refractivity contribution in [3.8, 4) is 11.9 Å².